The topological polar surface area (TPSA) is 0 Å². The van der Waals surface area contributed by atoms with Gasteiger partial charge in [-0.05, 0) is 95.7 Å². The fourth-order valence-electron chi connectivity index (χ4n) is 8.38. The van der Waals surface area contributed by atoms with Gasteiger partial charge in [-0.3, -0.25) is 0 Å². The first kappa shape index (κ1) is 19.1. The van der Waals surface area contributed by atoms with Crippen molar-refractivity contribution in [2.24, 2.45) is 57.2 Å². The molecule has 0 nitrogen and oxygen atoms in total. The predicted molar refractivity (Wildman–Crippen MR) is 113 cm³/mol. The lowest BCUT2D eigenvalue weighted by molar-refractivity contribution is -0.172. The van der Waals surface area contributed by atoms with Gasteiger partial charge in [0.1, 0.15) is 0 Å². The first-order chi connectivity index (χ1) is 11.9. The smallest absolute Gasteiger partial charge is 0.0289 e. The number of hydrogen-bond donors (Lipinski definition) is 0. The first-order valence-corrected chi connectivity index (χ1v) is 11.5. The second kappa shape index (κ2) is 5.64. The van der Waals surface area contributed by atoms with Gasteiger partial charge in [0.2, 0.25) is 0 Å². The van der Waals surface area contributed by atoms with E-state index in [9.17, 15) is 0 Å². The van der Waals surface area contributed by atoms with Crippen molar-refractivity contribution < 1.29 is 0 Å². The van der Waals surface area contributed by atoms with Crippen molar-refractivity contribution in [2.75, 3.05) is 0 Å². The van der Waals surface area contributed by atoms with E-state index in [1.54, 1.807) is 0 Å². The zero-order valence-corrected chi connectivity index (χ0v) is 18.9. The maximum atomic E-state index is 2.65. The molecule has 0 aromatic carbocycles. The molecule has 0 amide bonds. The first-order valence-electron chi connectivity index (χ1n) is 11.5. The van der Waals surface area contributed by atoms with E-state index in [0.717, 1.165) is 35.5 Å². The Morgan fingerprint density at radius 1 is 0.538 bits per heavy atom. The molecule has 26 heavy (non-hydrogen) atoms. The molecule has 148 valence electrons. The van der Waals surface area contributed by atoms with Crippen molar-refractivity contribution in [3.8, 4) is 0 Å². The Labute approximate surface area is 163 Å². The largest absolute Gasteiger partial charge is 0.0882 e. The lowest BCUT2D eigenvalue weighted by atomic mass is 9.38. The second-order valence-corrected chi connectivity index (χ2v) is 13.2. The van der Waals surface area contributed by atoms with E-state index in [2.05, 4.69) is 67.5 Å². The van der Waals surface area contributed by atoms with Crippen LogP contribution in [-0.4, -0.2) is 0 Å². The summed E-state index contributed by atoms with van der Waals surface area (Å²) in [6.45, 7) is 20.8. The zero-order chi connectivity index (χ0) is 19.1. The fraction of sp³-hybridized carbons (Fsp3) is 0.923. The summed E-state index contributed by atoms with van der Waals surface area (Å²) in [5.41, 5.74) is 2.01. The Hall–Kier alpha value is -0.260. The summed E-state index contributed by atoms with van der Waals surface area (Å²) >= 11 is 0. The van der Waals surface area contributed by atoms with E-state index in [0.29, 0.717) is 21.7 Å². The highest BCUT2D eigenvalue weighted by molar-refractivity contribution is 5.13. The quantitative estimate of drug-likeness (QED) is 0.389. The van der Waals surface area contributed by atoms with E-state index in [1.165, 1.54) is 38.5 Å². The summed E-state index contributed by atoms with van der Waals surface area (Å²) in [5.74, 6) is 5.61. The molecule has 0 bridgehead atoms. The summed E-state index contributed by atoms with van der Waals surface area (Å²) < 4.78 is 0. The van der Waals surface area contributed by atoms with Gasteiger partial charge in [-0.25, -0.2) is 0 Å². The van der Waals surface area contributed by atoms with Crippen LogP contribution >= 0.6 is 0 Å². The third-order valence-corrected chi connectivity index (χ3v) is 10.9. The van der Waals surface area contributed by atoms with Gasteiger partial charge in [-0.15, -0.1) is 0 Å². The standard InChI is InChI=1S/C26H44/c1-23(2)15-17-13-21-22(14-18(17)16-24(23,3)4)26(7,8)20-12-10-9-11-19(20)25(21,5)6/h9-10,17-22H,11-16H2,1-8H3. The molecule has 0 radical (unpaired) electrons. The van der Waals surface area contributed by atoms with E-state index < -0.39 is 0 Å². The molecular weight excluding hydrogens is 312 g/mol. The molecule has 3 saturated carbocycles. The molecule has 0 spiro atoms. The summed E-state index contributed by atoms with van der Waals surface area (Å²) in [6.07, 6.45) is 13.6. The molecule has 6 unspecified atom stereocenters. The Balaban J connectivity index is 1.69. The molecule has 0 aromatic heterocycles. The molecule has 0 saturated heterocycles. The molecule has 0 heterocycles. The summed E-state index contributed by atoms with van der Waals surface area (Å²) in [5, 5.41) is 0. The van der Waals surface area contributed by atoms with E-state index in [1.807, 2.05) is 0 Å². The van der Waals surface area contributed by atoms with Crippen LogP contribution in [0.5, 0.6) is 0 Å². The van der Waals surface area contributed by atoms with Gasteiger partial charge < -0.3 is 0 Å². The Morgan fingerprint density at radius 2 is 0.885 bits per heavy atom. The normalized spacial score (nSPS) is 47.4. The number of fused-ring (bicyclic) bond motifs is 3. The highest BCUT2D eigenvalue weighted by Crippen LogP contribution is 2.69. The fourth-order valence-corrected chi connectivity index (χ4v) is 8.38. The van der Waals surface area contributed by atoms with Crippen LogP contribution in [0.3, 0.4) is 0 Å². The monoisotopic (exact) mass is 356 g/mol. The van der Waals surface area contributed by atoms with Crippen LogP contribution in [-0.2, 0) is 0 Å². The lowest BCUT2D eigenvalue weighted by Crippen LogP contribution is -2.59. The van der Waals surface area contributed by atoms with Gasteiger partial charge >= 0.3 is 0 Å². The van der Waals surface area contributed by atoms with Crippen molar-refractivity contribution in [1.82, 2.24) is 0 Å². The summed E-state index contributed by atoms with van der Waals surface area (Å²) in [7, 11) is 0. The Kier molecular flexibility index (Phi) is 4.13. The van der Waals surface area contributed by atoms with Crippen LogP contribution in [0.2, 0.25) is 0 Å². The molecule has 4 aliphatic carbocycles. The van der Waals surface area contributed by atoms with Gasteiger partial charge in [-0.2, -0.15) is 0 Å². The summed E-state index contributed by atoms with van der Waals surface area (Å²) in [6, 6.07) is 0. The van der Waals surface area contributed by atoms with Crippen molar-refractivity contribution >= 4 is 0 Å². The van der Waals surface area contributed by atoms with Crippen molar-refractivity contribution in [3.63, 3.8) is 0 Å². The van der Waals surface area contributed by atoms with Gasteiger partial charge in [-0.1, -0.05) is 67.5 Å². The van der Waals surface area contributed by atoms with Gasteiger partial charge in [0.05, 0.1) is 0 Å². The van der Waals surface area contributed by atoms with Gasteiger partial charge in [0.25, 0.3) is 0 Å². The van der Waals surface area contributed by atoms with Gasteiger partial charge in [0.15, 0.2) is 0 Å². The average molecular weight is 357 g/mol. The zero-order valence-electron chi connectivity index (χ0n) is 18.9. The minimum atomic E-state index is 0.492. The average Bonchev–Trinajstić information content (AvgIpc) is 2.53. The lowest BCUT2D eigenvalue weighted by Gasteiger charge is -2.66. The maximum Gasteiger partial charge on any atom is -0.0289 e. The molecular formula is C26H44. The van der Waals surface area contributed by atoms with Crippen LogP contribution in [0.4, 0.5) is 0 Å². The third kappa shape index (κ3) is 2.52. The van der Waals surface area contributed by atoms with Crippen LogP contribution < -0.4 is 0 Å². The third-order valence-electron chi connectivity index (χ3n) is 10.9. The second-order valence-electron chi connectivity index (χ2n) is 13.2. The predicted octanol–water partition coefficient (Wildman–Crippen LogP) is 7.74. The van der Waals surface area contributed by atoms with E-state index in [4.69, 9.17) is 0 Å². The minimum absolute atomic E-state index is 0.492. The van der Waals surface area contributed by atoms with Crippen LogP contribution in [0.25, 0.3) is 0 Å². The molecule has 0 heteroatoms. The Bertz CT molecular complexity index is 535. The van der Waals surface area contributed by atoms with Crippen molar-refractivity contribution in [3.05, 3.63) is 12.2 Å². The van der Waals surface area contributed by atoms with Crippen LogP contribution in [0.15, 0.2) is 12.2 Å². The van der Waals surface area contributed by atoms with Crippen LogP contribution in [0.1, 0.15) is 93.9 Å². The highest BCUT2D eigenvalue weighted by atomic mass is 14.7. The highest BCUT2D eigenvalue weighted by Gasteiger charge is 2.61. The molecule has 0 aliphatic heterocycles. The summed E-state index contributed by atoms with van der Waals surface area (Å²) in [4.78, 5) is 0. The van der Waals surface area contributed by atoms with Crippen molar-refractivity contribution in [1.29, 1.82) is 0 Å². The van der Waals surface area contributed by atoms with Crippen molar-refractivity contribution in [2.45, 2.75) is 93.9 Å². The molecule has 0 N–H and O–H groups in total. The number of rotatable bonds is 0. The maximum absolute atomic E-state index is 2.65. The molecule has 4 aliphatic rings. The van der Waals surface area contributed by atoms with E-state index >= 15 is 0 Å². The molecule has 3 fully saturated rings. The Morgan fingerprint density at radius 3 is 1.23 bits per heavy atom. The molecule has 4 rings (SSSR count). The van der Waals surface area contributed by atoms with Crippen LogP contribution in [0, 0.1) is 57.2 Å². The molecule has 6 atom stereocenters. The minimum Gasteiger partial charge on any atom is -0.0882 e. The van der Waals surface area contributed by atoms with E-state index in [-0.39, 0.29) is 0 Å². The number of hydrogen-bond acceptors (Lipinski definition) is 0. The SMILES string of the molecule is CC1(C)C2CC=CCC2C(C)(C)C2CC3CC(C)(C)C(C)(C)CC3CC21. The van der Waals surface area contributed by atoms with Gasteiger partial charge in [0, 0.05) is 0 Å². The number of allylic oxidation sites excluding steroid dienone is 2. The molecule has 0 aromatic rings.